The summed E-state index contributed by atoms with van der Waals surface area (Å²) in [6, 6.07) is 0. The van der Waals surface area contributed by atoms with Crippen LogP contribution in [0.4, 0.5) is 0 Å². The van der Waals surface area contributed by atoms with E-state index in [0.717, 1.165) is 6.29 Å². The predicted molar refractivity (Wildman–Crippen MR) is 48.2 cm³/mol. The second kappa shape index (κ2) is 6.07. The summed E-state index contributed by atoms with van der Waals surface area (Å²) < 4.78 is 0. The topological polar surface area (TPSA) is 77.8 Å². The van der Waals surface area contributed by atoms with Crippen LogP contribution in [0, 0.1) is 11.3 Å². The highest BCUT2D eigenvalue weighted by Crippen LogP contribution is 2.29. The van der Waals surface area contributed by atoms with Gasteiger partial charge in [0.15, 0.2) is 0 Å². The van der Waals surface area contributed by atoms with E-state index in [1.807, 2.05) is 6.92 Å². The minimum atomic E-state index is -0.858. The number of carbonyl (C=O) groups is 1. The molecule has 1 unspecified atom stereocenters. The van der Waals surface area contributed by atoms with E-state index >= 15 is 0 Å². The van der Waals surface area contributed by atoms with Crippen LogP contribution in [0.5, 0.6) is 0 Å². The van der Waals surface area contributed by atoms with Crippen LogP contribution in [0.1, 0.15) is 19.8 Å². The SMILES string of the molecule is CC(CCC=O)C(CO)(CO)CO. The molecule has 0 aromatic carbocycles. The van der Waals surface area contributed by atoms with Crippen LogP contribution in [0.3, 0.4) is 0 Å². The van der Waals surface area contributed by atoms with Crippen LogP contribution >= 0.6 is 0 Å². The van der Waals surface area contributed by atoms with Crippen molar-refractivity contribution >= 4 is 6.29 Å². The summed E-state index contributed by atoms with van der Waals surface area (Å²) in [7, 11) is 0. The van der Waals surface area contributed by atoms with Crippen LogP contribution in [0.15, 0.2) is 0 Å². The largest absolute Gasteiger partial charge is 0.396 e. The molecule has 4 nitrogen and oxygen atoms in total. The lowest BCUT2D eigenvalue weighted by Gasteiger charge is -2.33. The fraction of sp³-hybridized carbons (Fsp3) is 0.889. The van der Waals surface area contributed by atoms with Crippen molar-refractivity contribution in [1.82, 2.24) is 0 Å². The third-order valence-corrected chi connectivity index (χ3v) is 2.71. The predicted octanol–water partition coefficient (Wildman–Crippen LogP) is -0.435. The number of hydrogen-bond acceptors (Lipinski definition) is 4. The quantitative estimate of drug-likeness (QED) is 0.476. The molecular weight excluding hydrogens is 172 g/mol. The molecule has 0 saturated carbocycles. The van der Waals surface area contributed by atoms with Crippen molar-refractivity contribution in [3.8, 4) is 0 Å². The van der Waals surface area contributed by atoms with Crippen LogP contribution in [-0.2, 0) is 4.79 Å². The highest BCUT2D eigenvalue weighted by Gasteiger charge is 2.34. The fourth-order valence-electron chi connectivity index (χ4n) is 1.24. The van der Waals surface area contributed by atoms with Crippen molar-refractivity contribution < 1.29 is 20.1 Å². The van der Waals surface area contributed by atoms with Gasteiger partial charge < -0.3 is 20.1 Å². The van der Waals surface area contributed by atoms with E-state index in [2.05, 4.69) is 0 Å². The average Bonchev–Trinajstić information content (AvgIpc) is 2.18. The van der Waals surface area contributed by atoms with Gasteiger partial charge in [-0.05, 0) is 12.3 Å². The van der Waals surface area contributed by atoms with E-state index in [-0.39, 0.29) is 25.7 Å². The Bertz CT molecular complexity index is 134. The summed E-state index contributed by atoms with van der Waals surface area (Å²) in [6.07, 6.45) is 1.77. The first-order chi connectivity index (χ1) is 6.16. The van der Waals surface area contributed by atoms with Gasteiger partial charge in [-0.1, -0.05) is 6.92 Å². The third kappa shape index (κ3) is 3.06. The summed E-state index contributed by atoms with van der Waals surface area (Å²) in [5.74, 6) is -0.0716. The normalized spacial score (nSPS) is 14.2. The van der Waals surface area contributed by atoms with Crippen LogP contribution < -0.4 is 0 Å². The van der Waals surface area contributed by atoms with Gasteiger partial charge in [0.2, 0.25) is 0 Å². The smallest absolute Gasteiger partial charge is 0.120 e. The second-order valence-electron chi connectivity index (χ2n) is 3.48. The molecule has 0 aliphatic carbocycles. The zero-order valence-corrected chi connectivity index (χ0v) is 7.94. The Morgan fingerprint density at radius 3 is 2.00 bits per heavy atom. The van der Waals surface area contributed by atoms with Crippen molar-refractivity contribution in [2.75, 3.05) is 19.8 Å². The minimum absolute atomic E-state index is 0.0716. The Morgan fingerprint density at radius 2 is 1.69 bits per heavy atom. The molecule has 0 fully saturated rings. The lowest BCUT2D eigenvalue weighted by atomic mass is 9.76. The number of aliphatic hydroxyl groups excluding tert-OH is 3. The number of hydrogen-bond donors (Lipinski definition) is 3. The van der Waals surface area contributed by atoms with Gasteiger partial charge in [-0.15, -0.1) is 0 Å². The van der Waals surface area contributed by atoms with E-state index in [4.69, 9.17) is 15.3 Å². The monoisotopic (exact) mass is 190 g/mol. The molecule has 3 N–H and O–H groups in total. The highest BCUT2D eigenvalue weighted by atomic mass is 16.3. The summed E-state index contributed by atoms with van der Waals surface area (Å²) in [5.41, 5.74) is -0.858. The molecule has 0 aliphatic rings. The second-order valence-corrected chi connectivity index (χ2v) is 3.48. The molecule has 4 heteroatoms. The zero-order chi connectivity index (χ0) is 10.3. The molecular formula is C9H18O4. The van der Waals surface area contributed by atoms with E-state index in [1.54, 1.807) is 0 Å². The molecule has 0 spiro atoms. The number of carbonyl (C=O) groups excluding carboxylic acids is 1. The lowest BCUT2D eigenvalue weighted by molar-refractivity contribution is -0.108. The Balaban J connectivity index is 4.24. The molecule has 0 heterocycles. The molecule has 78 valence electrons. The van der Waals surface area contributed by atoms with Crippen molar-refractivity contribution in [1.29, 1.82) is 0 Å². The molecule has 0 aliphatic heterocycles. The molecule has 0 saturated heterocycles. The molecule has 0 bridgehead atoms. The Morgan fingerprint density at radius 1 is 1.23 bits per heavy atom. The molecule has 0 radical (unpaired) electrons. The van der Waals surface area contributed by atoms with Gasteiger partial charge in [-0.25, -0.2) is 0 Å². The first-order valence-electron chi connectivity index (χ1n) is 4.43. The van der Waals surface area contributed by atoms with Gasteiger partial charge in [0.05, 0.1) is 19.8 Å². The maximum Gasteiger partial charge on any atom is 0.120 e. The summed E-state index contributed by atoms with van der Waals surface area (Å²) >= 11 is 0. The average molecular weight is 190 g/mol. The molecule has 1 atom stereocenters. The fourth-order valence-corrected chi connectivity index (χ4v) is 1.24. The van der Waals surface area contributed by atoms with Gasteiger partial charge in [0, 0.05) is 11.8 Å². The van der Waals surface area contributed by atoms with Crippen LogP contribution in [-0.4, -0.2) is 41.4 Å². The summed E-state index contributed by atoms with van der Waals surface area (Å²) in [5, 5.41) is 27.1. The zero-order valence-electron chi connectivity index (χ0n) is 7.94. The summed E-state index contributed by atoms with van der Waals surface area (Å²) in [4.78, 5) is 10.1. The van der Waals surface area contributed by atoms with Gasteiger partial charge in [-0.3, -0.25) is 0 Å². The van der Waals surface area contributed by atoms with E-state index < -0.39 is 5.41 Å². The molecule has 0 rings (SSSR count). The lowest BCUT2D eigenvalue weighted by Crippen LogP contribution is -2.40. The van der Waals surface area contributed by atoms with E-state index in [9.17, 15) is 4.79 Å². The van der Waals surface area contributed by atoms with Gasteiger partial charge >= 0.3 is 0 Å². The molecule has 13 heavy (non-hydrogen) atoms. The van der Waals surface area contributed by atoms with Crippen molar-refractivity contribution in [3.63, 3.8) is 0 Å². The molecule has 0 aromatic rings. The van der Waals surface area contributed by atoms with E-state index in [1.165, 1.54) is 0 Å². The molecule has 0 aromatic heterocycles. The first-order valence-corrected chi connectivity index (χ1v) is 4.43. The summed E-state index contributed by atoms with van der Waals surface area (Å²) in [6.45, 7) is 1.02. The molecule has 0 amide bonds. The Hall–Kier alpha value is -0.450. The van der Waals surface area contributed by atoms with Crippen LogP contribution in [0.25, 0.3) is 0 Å². The maximum absolute atomic E-state index is 10.1. The van der Waals surface area contributed by atoms with Crippen molar-refractivity contribution in [3.05, 3.63) is 0 Å². The highest BCUT2D eigenvalue weighted by molar-refractivity contribution is 5.49. The van der Waals surface area contributed by atoms with Gasteiger partial charge in [0.1, 0.15) is 6.29 Å². The number of rotatable bonds is 7. The van der Waals surface area contributed by atoms with Crippen LogP contribution in [0.2, 0.25) is 0 Å². The number of aldehydes is 1. The Labute approximate surface area is 78.2 Å². The first kappa shape index (κ1) is 12.6. The number of aliphatic hydroxyl groups is 3. The maximum atomic E-state index is 10.1. The van der Waals surface area contributed by atoms with E-state index in [0.29, 0.717) is 12.8 Å². The van der Waals surface area contributed by atoms with Gasteiger partial charge in [0.25, 0.3) is 0 Å². The minimum Gasteiger partial charge on any atom is -0.396 e. The third-order valence-electron chi connectivity index (χ3n) is 2.71. The Kier molecular flexibility index (Phi) is 5.86. The van der Waals surface area contributed by atoms with Gasteiger partial charge in [-0.2, -0.15) is 0 Å². The van der Waals surface area contributed by atoms with Crippen molar-refractivity contribution in [2.24, 2.45) is 11.3 Å². The van der Waals surface area contributed by atoms with Crippen molar-refractivity contribution in [2.45, 2.75) is 19.8 Å². The standard InChI is InChI=1S/C9H18O4/c1-8(3-2-4-10)9(5-11,6-12)7-13/h4,8,11-13H,2-3,5-7H2,1H3.